The van der Waals surface area contributed by atoms with Crippen LogP contribution in [0.5, 0.6) is 0 Å². The van der Waals surface area contributed by atoms with Gasteiger partial charge in [-0.2, -0.15) is 0 Å². The van der Waals surface area contributed by atoms with Gasteiger partial charge in [0.05, 0.1) is 18.3 Å². The van der Waals surface area contributed by atoms with Crippen molar-refractivity contribution in [3.63, 3.8) is 0 Å². The molecule has 1 aliphatic rings. The Morgan fingerprint density at radius 2 is 1.97 bits per heavy atom. The van der Waals surface area contributed by atoms with E-state index in [1.54, 1.807) is 7.05 Å². The fourth-order valence-electron chi connectivity index (χ4n) is 3.68. The molecule has 7 nitrogen and oxygen atoms in total. The molecule has 2 atom stereocenters. The van der Waals surface area contributed by atoms with Gasteiger partial charge in [0, 0.05) is 19.6 Å². The molecular formula is C21H38IN5O2S. The van der Waals surface area contributed by atoms with E-state index in [9.17, 15) is 4.79 Å². The number of carbonyl (C=O) groups excluding carboxylic acids is 1. The number of likely N-dealkylation sites (tertiary alicyclic amines) is 1. The fourth-order valence-corrected chi connectivity index (χ4v) is 4.64. The number of aliphatic imine (C=N–C) groups is 1. The summed E-state index contributed by atoms with van der Waals surface area (Å²) in [4.78, 5) is 24.2. The number of thiazole rings is 1. The lowest BCUT2D eigenvalue weighted by molar-refractivity contribution is 0.0531. The van der Waals surface area contributed by atoms with Crippen LogP contribution in [0.3, 0.4) is 0 Å². The van der Waals surface area contributed by atoms with E-state index in [-0.39, 0.29) is 36.0 Å². The third-order valence-electron chi connectivity index (χ3n) is 5.13. The van der Waals surface area contributed by atoms with Crippen LogP contribution >= 0.6 is 35.3 Å². The molecule has 0 bridgehead atoms. The highest BCUT2D eigenvalue weighted by Crippen LogP contribution is 2.24. The third-order valence-corrected chi connectivity index (χ3v) is 6.45. The molecule has 2 heterocycles. The molecule has 1 saturated heterocycles. The summed E-state index contributed by atoms with van der Waals surface area (Å²) in [5, 5.41) is 7.76. The maximum absolute atomic E-state index is 12.1. The fraction of sp³-hybridized carbons (Fsp3) is 0.762. The Morgan fingerprint density at radius 3 is 2.53 bits per heavy atom. The first-order valence-corrected chi connectivity index (χ1v) is 11.5. The first-order valence-electron chi connectivity index (χ1n) is 10.7. The Kier molecular flexibility index (Phi) is 12.2. The van der Waals surface area contributed by atoms with Gasteiger partial charge < -0.3 is 15.4 Å². The summed E-state index contributed by atoms with van der Waals surface area (Å²) >= 11 is 1.38. The number of esters is 1. The lowest BCUT2D eigenvalue weighted by atomic mass is 10.0. The predicted molar refractivity (Wildman–Crippen MR) is 135 cm³/mol. The Morgan fingerprint density at radius 1 is 1.30 bits per heavy atom. The molecule has 1 aromatic heterocycles. The number of carbonyl (C=O) groups is 1. The summed E-state index contributed by atoms with van der Waals surface area (Å²) < 4.78 is 5.12. The highest BCUT2D eigenvalue weighted by Gasteiger charge is 2.24. The topological polar surface area (TPSA) is 78.8 Å². The summed E-state index contributed by atoms with van der Waals surface area (Å²) in [6.45, 7) is 13.9. The van der Waals surface area contributed by atoms with Crippen molar-refractivity contribution < 1.29 is 9.53 Å². The quantitative estimate of drug-likeness (QED) is 0.209. The maximum Gasteiger partial charge on any atom is 0.350 e. The summed E-state index contributed by atoms with van der Waals surface area (Å²) in [5.74, 6) is 1.12. The van der Waals surface area contributed by atoms with Gasteiger partial charge in [0.25, 0.3) is 0 Å². The van der Waals surface area contributed by atoms with Crippen LogP contribution in [0.2, 0.25) is 0 Å². The zero-order chi connectivity index (χ0) is 21.4. The maximum atomic E-state index is 12.1. The molecule has 1 fully saturated rings. The van der Waals surface area contributed by atoms with Gasteiger partial charge in [0.1, 0.15) is 9.88 Å². The van der Waals surface area contributed by atoms with Gasteiger partial charge in [-0.25, -0.2) is 9.78 Å². The van der Waals surface area contributed by atoms with E-state index in [1.165, 1.54) is 43.7 Å². The smallest absolute Gasteiger partial charge is 0.350 e. The molecule has 2 N–H and O–H groups in total. The number of hydrogen-bond acceptors (Lipinski definition) is 6. The normalized spacial score (nSPS) is 16.8. The van der Waals surface area contributed by atoms with Crippen molar-refractivity contribution in [1.82, 2.24) is 20.5 Å². The van der Waals surface area contributed by atoms with Crippen molar-refractivity contribution in [2.45, 2.75) is 66.0 Å². The number of nitrogens with zero attached hydrogens (tertiary/aromatic N) is 3. The van der Waals surface area contributed by atoms with Gasteiger partial charge in [-0.1, -0.05) is 13.8 Å². The number of hydrogen-bond donors (Lipinski definition) is 2. The molecule has 30 heavy (non-hydrogen) atoms. The summed E-state index contributed by atoms with van der Waals surface area (Å²) in [7, 11) is 1.78. The minimum Gasteiger partial charge on any atom is -0.462 e. The van der Waals surface area contributed by atoms with Gasteiger partial charge in [-0.15, -0.1) is 35.3 Å². The van der Waals surface area contributed by atoms with Crippen LogP contribution in [-0.2, 0) is 4.74 Å². The highest BCUT2D eigenvalue weighted by molar-refractivity contribution is 14.0. The van der Waals surface area contributed by atoms with Crippen LogP contribution < -0.4 is 10.6 Å². The number of guanidine groups is 1. The standard InChI is InChI=1S/C21H37N5O2S.HI/c1-7-28-20(27)18-15(4)24-19(29-18)16(5)25-21(22-6)23-13-17(12-14(2)3)26-10-8-9-11-26;/h14,16-17H,7-13H2,1-6H3,(H2,22,23,25);1H. The van der Waals surface area contributed by atoms with E-state index in [4.69, 9.17) is 4.74 Å². The minimum absolute atomic E-state index is 0. The monoisotopic (exact) mass is 551 g/mol. The zero-order valence-electron chi connectivity index (χ0n) is 19.2. The second kappa shape index (κ2) is 13.5. The summed E-state index contributed by atoms with van der Waals surface area (Å²) in [6.07, 6.45) is 3.77. The van der Waals surface area contributed by atoms with Crippen LogP contribution in [0.1, 0.15) is 73.4 Å². The summed E-state index contributed by atoms with van der Waals surface area (Å²) in [5.41, 5.74) is 0.714. The molecule has 1 aromatic rings. The van der Waals surface area contributed by atoms with Crippen molar-refractivity contribution in [2.75, 3.05) is 33.3 Å². The molecule has 2 rings (SSSR count). The first kappa shape index (κ1) is 27.1. The van der Waals surface area contributed by atoms with Gasteiger partial charge in [-0.05, 0) is 59.0 Å². The average molecular weight is 552 g/mol. The van der Waals surface area contributed by atoms with Crippen LogP contribution in [0.4, 0.5) is 0 Å². The minimum atomic E-state index is -0.300. The van der Waals surface area contributed by atoms with Gasteiger partial charge in [0.15, 0.2) is 5.96 Å². The molecule has 0 amide bonds. The van der Waals surface area contributed by atoms with E-state index in [1.807, 2.05) is 20.8 Å². The molecule has 9 heteroatoms. The van der Waals surface area contributed by atoms with Crippen molar-refractivity contribution in [2.24, 2.45) is 10.9 Å². The summed E-state index contributed by atoms with van der Waals surface area (Å²) in [6, 6.07) is 0.465. The SMILES string of the molecule is CCOC(=O)c1sc(C(C)NC(=NC)NCC(CC(C)C)N2CCCC2)nc1C.I. The Balaban J connectivity index is 0.00000450. The zero-order valence-corrected chi connectivity index (χ0v) is 22.3. The van der Waals surface area contributed by atoms with Crippen LogP contribution in [0, 0.1) is 12.8 Å². The Hall–Kier alpha value is -0.940. The second-order valence-corrected chi connectivity index (χ2v) is 9.06. The molecule has 0 radical (unpaired) electrons. The number of nitrogens with one attached hydrogen (secondary N) is 2. The average Bonchev–Trinajstić information content (AvgIpc) is 3.33. The number of rotatable bonds is 9. The van der Waals surface area contributed by atoms with Crippen molar-refractivity contribution in [1.29, 1.82) is 0 Å². The van der Waals surface area contributed by atoms with Crippen LogP contribution in [-0.4, -0.2) is 61.1 Å². The van der Waals surface area contributed by atoms with Crippen LogP contribution in [0.15, 0.2) is 4.99 Å². The lowest BCUT2D eigenvalue weighted by Gasteiger charge is -2.30. The molecule has 0 spiro atoms. The predicted octanol–water partition coefficient (Wildman–Crippen LogP) is 3.98. The third kappa shape index (κ3) is 7.96. The molecule has 2 unspecified atom stereocenters. The Labute approximate surface area is 202 Å². The first-order chi connectivity index (χ1) is 13.8. The largest absolute Gasteiger partial charge is 0.462 e. The van der Waals surface area contributed by atoms with Gasteiger partial charge in [0.2, 0.25) is 0 Å². The van der Waals surface area contributed by atoms with Gasteiger partial charge >= 0.3 is 5.97 Å². The van der Waals surface area contributed by atoms with E-state index in [2.05, 4.69) is 39.4 Å². The van der Waals surface area contributed by atoms with Gasteiger partial charge in [-0.3, -0.25) is 9.89 Å². The Bertz CT molecular complexity index is 689. The van der Waals surface area contributed by atoms with E-state index in [0.29, 0.717) is 29.1 Å². The molecular weight excluding hydrogens is 513 g/mol. The number of ether oxygens (including phenoxy) is 1. The molecule has 0 aromatic carbocycles. The molecule has 172 valence electrons. The highest BCUT2D eigenvalue weighted by atomic mass is 127. The molecule has 1 aliphatic heterocycles. The van der Waals surface area contributed by atoms with Crippen molar-refractivity contribution in [3.8, 4) is 0 Å². The van der Waals surface area contributed by atoms with Crippen molar-refractivity contribution >= 4 is 47.2 Å². The molecule has 0 aliphatic carbocycles. The van der Waals surface area contributed by atoms with Crippen LogP contribution in [0.25, 0.3) is 0 Å². The van der Waals surface area contributed by atoms with E-state index >= 15 is 0 Å². The number of halogens is 1. The molecule has 0 saturated carbocycles. The lowest BCUT2D eigenvalue weighted by Crippen LogP contribution is -2.47. The second-order valence-electron chi connectivity index (χ2n) is 8.03. The number of aromatic nitrogens is 1. The number of aryl methyl sites for hydroxylation is 1. The van der Waals surface area contributed by atoms with Crippen molar-refractivity contribution in [3.05, 3.63) is 15.6 Å². The van der Waals surface area contributed by atoms with E-state index < -0.39 is 0 Å². The van der Waals surface area contributed by atoms with E-state index in [0.717, 1.165) is 17.5 Å².